The van der Waals surface area contributed by atoms with E-state index in [2.05, 4.69) is 53.6 Å². The van der Waals surface area contributed by atoms with Gasteiger partial charge in [0, 0.05) is 36.8 Å². The number of nitrogens with zero attached hydrogens (tertiary/aromatic N) is 2. The van der Waals surface area contributed by atoms with E-state index in [0.717, 1.165) is 5.69 Å². The highest BCUT2D eigenvalue weighted by atomic mass is 16.3. The summed E-state index contributed by atoms with van der Waals surface area (Å²) < 4.78 is 1.99. The monoisotopic (exact) mass is 321 g/mol. The summed E-state index contributed by atoms with van der Waals surface area (Å²) in [5.41, 5.74) is 3.52. The van der Waals surface area contributed by atoms with E-state index in [1.807, 2.05) is 29.0 Å². The minimum atomic E-state index is 0.138. The summed E-state index contributed by atoms with van der Waals surface area (Å²) in [4.78, 5) is 4.08. The first-order chi connectivity index (χ1) is 11.8. The summed E-state index contributed by atoms with van der Waals surface area (Å²) in [6.45, 7) is 2.32. The van der Waals surface area contributed by atoms with Crippen LogP contribution in [0.4, 0.5) is 0 Å². The Kier molecular flexibility index (Phi) is 5.41. The topological polar surface area (TPSA) is 50.1 Å². The quantitative estimate of drug-likeness (QED) is 0.698. The molecule has 3 rings (SSSR count). The normalized spacial score (nSPS) is 13.6. The van der Waals surface area contributed by atoms with Gasteiger partial charge >= 0.3 is 0 Å². The van der Waals surface area contributed by atoms with Gasteiger partial charge in [-0.05, 0) is 36.6 Å². The molecule has 1 unspecified atom stereocenters. The lowest BCUT2D eigenvalue weighted by Gasteiger charge is -2.24. The van der Waals surface area contributed by atoms with Crippen molar-refractivity contribution in [3.8, 4) is 5.69 Å². The van der Waals surface area contributed by atoms with Crippen molar-refractivity contribution < 1.29 is 5.11 Å². The van der Waals surface area contributed by atoms with E-state index in [1.165, 1.54) is 11.1 Å². The number of imidazole rings is 1. The zero-order valence-electron chi connectivity index (χ0n) is 13.8. The standard InChI is InChI=1S/C20H23N3O/c1-16(22-20(11-14-24)18-5-3-2-4-6-18)17-7-9-19(10-8-17)23-13-12-21-15-23/h2-10,12-13,15-16,20,22,24H,11,14H2,1H3/t16?,20-/m1/s1. The molecule has 0 aliphatic heterocycles. The van der Waals surface area contributed by atoms with Crippen LogP contribution >= 0.6 is 0 Å². The van der Waals surface area contributed by atoms with Crippen molar-refractivity contribution in [2.24, 2.45) is 0 Å². The molecular formula is C20H23N3O. The molecule has 0 aliphatic rings. The summed E-state index contributed by atoms with van der Waals surface area (Å²) in [6.07, 6.45) is 6.20. The molecule has 0 spiro atoms. The second-order valence-electron chi connectivity index (χ2n) is 5.93. The maximum absolute atomic E-state index is 9.37. The Labute approximate surface area is 142 Å². The number of benzene rings is 2. The van der Waals surface area contributed by atoms with Crippen LogP contribution in [0, 0.1) is 0 Å². The lowest BCUT2D eigenvalue weighted by atomic mass is 10.0. The molecule has 24 heavy (non-hydrogen) atoms. The van der Waals surface area contributed by atoms with Crippen LogP contribution in [0.5, 0.6) is 0 Å². The number of aliphatic hydroxyl groups is 1. The van der Waals surface area contributed by atoms with Crippen molar-refractivity contribution in [1.82, 2.24) is 14.9 Å². The highest BCUT2D eigenvalue weighted by molar-refractivity contribution is 5.35. The Morgan fingerprint density at radius 3 is 2.42 bits per heavy atom. The van der Waals surface area contributed by atoms with Crippen LogP contribution in [-0.2, 0) is 0 Å². The first-order valence-corrected chi connectivity index (χ1v) is 8.28. The van der Waals surface area contributed by atoms with Crippen LogP contribution in [0.15, 0.2) is 73.3 Å². The van der Waals surface area contributed by atoms with Crippen LogP contribution < -0.4 is 5.32 Å². The van der Waals surface area contributed by atoms with Gasteiger partial charge in [-0.2, -0.15) is 0 Å². The molecule has 4 heteroatoms. The minimum Gasteiger partial charge on any atom is -0.396 e. The number of aliphatic hydroxyl groups excluding tert-OH is 1. The number of hydrogen-bond acceptors (Lipinski definition) is 3. The zero-order valence-corrected chi connectivity index (χ0v) is 13.8. The third kappa shape index (κ3) is 3.91. The number of nitrogens with one attached hydrogen (secondary N) is 1. The molecule has 0 saturated heterocycles. The van der Waals surface area contributed by atoms with Gasteiger partial charge < -0.3 is 15.0 Å². The third-order valence-corrected chi connectivity index (χ3v) is 4.27. The molecule has 4 nitrogen and oxygen atoms in total. The van der Waals surface area contributed by atoms with Gasteiger partial charge in [-0.25, -0.2) is 4.98 Å². The molecule has 3 aromatic rings. The fourth-order valence-electron chi connectivity index (χ4n) is 2.91. The molecule has 2 N–H and O–H groups in total. The second kappa shape index (κ2) is 7.90. The van der Waals surface area contributed by atoms with Crippen molar-refractivity contribution in [1.29, 1.82) is 0 Å². The smallest absolute Gasteiger partial charge is 0.0991 e. The van der Waals surface area contributed by atoms with Gasteiger partial charge in [-0.15, -0.1) is 0 Å². The predicted octanol–water partition coefficient (Wildman–Crippen LogP) is 3.65. The fourth-order valence-corrected chi connectivity index (χ4v) is 2.91. The average Bonchev–Trinajstić information content (AvgIpc) is 3.17. The lowest BCUT2D eigenvalue weighted by molar-refractivity contribution is 0.260. The van der Waals surface area contributed by atoms with E-state index in [4.69, 9.17) is 0 Å². The molecule has 1 aromatic heterocycles. The summed E-state index contributed by atoms with van der Waals surface area (Å²) in [7, 11) is 0. The molecule has 0 saturated carbocycles. The molecule has 0 aliphatic carbocycles. The summed E-state index contributed by atoms with van der Waals surface area (Å²) in [6, 6.07) is 19.1. The van der Waals surface area contributed by atoms with Gasteiger partial charge in [-0.3, -0.25) is 0 Å². The zero-order chi connectivity index (χ0) is 16.8. The van der Waals surface area contributed by atoms with E-state index in [9.17, 15) is 5.11 Å². The molecule has 2 atom stereocenters. The number of aromatic nitrogens is 2. The number of hydrogen-bond donors (Lipinski definition) is 2. The van der Waals surface area contributed by atoms with E-state index < -0.39 is 0 Å². The maximum atomic E-state index is 9.37. The highest BCUT2D eigenvalue weighted by Crippen LogP contribution is 2.23. The van der Waals surface area contributed by atoms with Crippen LogP contribution in [0.25, 0.3) is 5.69 Å². The molecule has 2 aromatic carbocycles. The van der Waals surface area contributed by atoms with Gasteiger partial charge in [0.25, 0.3) is 0 Å². The summed E-state index contributed by atoms with van der Waals surface area (Å²) in [5.74, 6) is 0. The second-order valence-corrected chi connectivity index (χ2v) is 5.93. The van der Waals surface area contributed by atoms with E-state index in [-0.39, 0.29) is 18.7 Å². The van der Waals surface area contributed by atoms with Gasteiger partial charge in [0.15, 0.2) is 0 Å². The van der Waals surface area contributed by atoms with Gasteiger partial charge in [0.05, 0.1) is 6.33 Å². The van der Waals surface area contributed by atoms with Gasteiger partial charge in [-0.1, -0.05) is 42.5 Å². The molecule has 0 amide bonds. The SMILES string of the molecule is CC(N[C@H](CCO)c1ccccc1)c1ccc(-n2ccnc2)cc1. The van der Waals surface area contributed by atoms with Crippen LogP contribution in [0.1, 0.15) is 36.6 Å². The van der Waals surface area contributed by atoms with Crippen molar-refractivity contribution in [2.45, 2.75) is 25.4 Å². The number of rotatable bonds is 7. The molecular weight excluding hydrogens is 298 g/mol. The molecule has 0 bridgehead atoms. The molecule has 0 fully saturated rings. The first-order valence-electron chi connectivity index (χ1n) is 8.28. The molecule has 0 radical (unpaired) electrons. The first kappa shape index (κ1) is 16.4. The van der Waals surface area contributed by atoms with Gasteiger partial charge in [0.2, 0.25) is 0 Å². The lowest BCUT2D eigenvalue weighted by Crippen LogP contribution is -2.25. The van der Waals surface area contributed by atoms with Gasteiger partial charge in [0.1, 0.15) is 0 Å². The van der Waals surface area contributed by atoms with E-state index in [0.29, 0.717) is 6.42 Å². The molecule has 124 valence electrons. The highest BCUT2D eigenvalue weighted by Gasteiger charge is 2.15. The van der Waals surface area contributed by atoms with Crippen LogP contribution in [-0.4, -0.2) is 21.3 Å². The van der Waals surface area contributed by atoms with Crippen molar-refractivity contribution >= 4 is 0 Å². The summed E-state index contributed by atoms with van der Waals surface area (Å²) >= 11 is 0. The Hall–Kier alpha value is -2.43. The minimum absolute atomic E-state index is 0.138. The average molecular weight is 321 g/mol. The van der Waals surface area contributed by atoms with Crippen LogP contribution in [0.2, 0.25) is 0 Å². The van der Waals surface area contributed by atoms with Crippen molar-refractivity contribution in [3.05, 3.63) is 84.4 Å². The Balaban J connectivity index is 1.72. The maximum Gasteiger partial charge on any atom is 0.0991 e. The van der Waals surface area contributed by atoms with Crippen LogP contribution in [0.3, 0.4) is 0 Å². The molecule has 1 heterocycles. The largest absolute Gasteiger partial charge is 0.396 e. The summed E-state index contributed by atoms with van der Waals surface area (Å²) in [5, 5.41) is 13.0. The fraction of sp³-hybridized carbons (Fsp3) is 0.250. The Morgan fingerprint density at radius 2 is 1.79 bits per heavy atom. The third-order valence-electron chi connectivity index (χ3n) is 4.27. The van der Waals surface area contributed by atoms with E-state index in [1.54, 1.807) is 12.5 Å². The van der Waals surface area contributed by atoms with Crippen molar-refractivity contribution in [2.75, 3.05) is 6.61 Å². The Morgan fingerprint density at radius 1 is 1.04 bits per heavy atom. The predicted molar refractivity (Wildman–Crippen MR) is 96.0 cm³/mol. The Bertz CT molecular complexity index is 723. The van der Waals surface area contributed by atoms with Crippen molar-refractivity contribution in [3.63, 3.8) is 0 Å². The van der Waals surface area contributed by atoms with E-state index >= 15 is 0 Å².